The molecular formula is C6H14NO2-. The number of hydrogen-bond acceptors (Lipinski definition) is 2. The molecule has 9 heavy (non-hydrogen) atoms. The summed E-state index contributed by atoms with van der Waals surface area (Å²) in [6.07, 6.45) is 0.715. The van der Waals surface area contributed by atoms with Crippen LogP contribution in [0, 0.1) is 6.61 Å². The maximum absolute atomic E-state index is 9.45. The molecule has 0 radical (unpaired) electrons. The van der Waals surface area contributed by atoms with Gasteiger partial charge in [-0.15, -0.1) is 6.42 Å². The van der Waals surface area contributed by atoms with Gasteiger partial charge in [0, 0.05) is 0 Å². The lowest BCUT2D eigenvalue weighted by molar-refractivity contribution is -0.870. The predicted octanol–water partition coefficient (Wildman–Crippen LogP) is -0.464. The molecule has 0 saturated heterocycles. The summed E-state index contributed by atoms with van der Waals surface area (Å²) in [6.45, 7) is 2.21. The van der Waals surface area contributed by atoms with Crippen molar-refractivity contribution in [1.29, 1.82) is 0 Å². The number of nitrogens with zero attached hydrogens (tertiary/aromatic N) is 1. The first-order valence-corrected chi connectivity index (χ1v) is 2.97. The van der Waals surface area contributed by atoms with Crippen molar-refractivity contribution in [3.63, 3.8) is 0 Å². The number of hydrogen-bond donors (Lipinski definition) is 0. The van der Waals surface area contributed by atoms with Gasteiger partial charge in [-0.2, -0.15) is 0 Å². The van der Waals surface area contributed by atoms with Crippen LogP contribution in [0.15, 0.2) is 0 Å². The van der Waals surface area contributed by atoms with Gasteiger partial charge in [-0.3, -0.25) is 0 Å². The number of quaternary nitrogens is 1. The van der Waals surface area contributed by atoms with E-state index in [1.54, 1.807) is 0 Å². The van der Waals surface area contributed by atoms with Gasteiger partial charge in [0.05, 0.1) is 27.7 Å². The minimum absolute atomic E-state index is 0.715. The lowest BCUT2D eigenvalue weighted by atomic mass is 10.4. The van der Waals surface area contributed by atoms with Crippen LogP contribution in [0.1, 0.15) is 6.42 Å². The van der Waals surface area contributed by atoms with Gasteiger partial charge in [0.1, 0.15) is 0 Å². The van der Waals surface area contributed by atoms with E-state index in [2.05, 4.69) is 26.0 Å². The summed E-state index contributed by atoms with van der Waals surface area (Å²) in [6, 6.07) is 0. The van der Waals surface area contributed by atoms with E-state index in [1.807, 2.05) is 0 Å². The SMILES string of the molecule is C[N+](C)(C)CC[CH-]O[O-]. The highest BCUT2D eigenvalue weighted by atomic mass is 17.1. The van der Waals surface area contributed by atoms with E-state index < -0.39 is 0 Å². The largest absolute Gasteiger partial charge is 0.759 e. The van der Waals surface area contributed by atoms with E-state index in [4.69, 9.17) is 0 Å². The third kappa shape index (κ3) is 7.88. The van der Waals surface area contributed by atoms with Crippen LogP contribution in [0.4, 0.5) is 0 Å². The van der Waals surface area contributed by atoms with Crippen molar-refractivity contribution < 1.29 is 14.6 Å². The van der Waals surface area contributed by atoms with Crippen LogP contribution in [-0.4, -0.2) is 32.2 Å². The molecule has 0 spiro atoms. The quantitative estimate of drug-likeness (QED) is 0.170. The lowest BCUT2D eigenvalue weighted by Gasteiger charge is -2.28. The molecule has 3 heteroatoms. The average Bonchev–Trinajstić information content (AvgIpc) is 1.63. The summed E-state index contributed by atoms with van der Waals surface area (Å²) < 4.78 is 0.861. The topological polar surface area (TPSA) is 32.3 Å². The first-order valence-electron chi connectivity index (χ1n) is 2.97. The second-order valence-corrected chi connectivity index (χ2v) is 3.07. The molecule has 0 heterocycles. The summed E-state index contributed by atoms with van der Waals surface area (Å²) in [5, 5.41) is 9.45. The summed E-state index contributed by atoms with van der Waals surface area (Å²) >= 11 is 0. The van der Waals surface area contributed by atoms with E-state index in [9.17, 15) is 5.26 Å². The molecule has 0 aliphatic rings. The van der Waals surface area contributed by atoms with Crippen LogP contribution < -0.4 is 5.26 Å². The van der Waals surface area contributed by atoms with Gasteiger partial charge in [0.15, 0.2) is 0 Å². The van der Waals surface area contributed by atoms with Crippen molar-refractivity contribution >= 4 is 0 Å². The first-order chi connectivity index (χ1) is 4.06. The zero-order valence-corrected chi connectivity index (χ0v) is 6.26. The monoisotopic (exact) mass is 132 g/mol. The second-order valence-electron chi connectivity index (χ2n) is 3.07. The zero-order valence-electron chi connectivity index (χ0n) is 6.26. The normalized spacial score (nSPS) is 12.0. The molecule has 0 aliphatic heterocycles. The molecule has 0 aromatic heterocycles. The molecule has 0 aliphatic carbocycles. The van der Waals surface area contributed by atoms with Crippen molar-refractivity contribution in [3.8, 4) is 0 Å². The Morgan fingerprint density at radius 2 is 2.00 bits per heavy atom. The van der Waals surface area contributed by atoms with Crippen LogP contribution in [0.5, 0.6) is 0 Å². The Morgan fingerprint density at radius 3 is 2.33 bits per heavy atom. The third-order valence-electron chi connectivity index (χ3n) is 0.986. The van der Waals surface area contributed by atoms with E-state index >= 15 is 0 Å². The van der Waals surface area contributed by atoms with Crippen LogP contribution >= 0.6 is 0 Å². The average molecular weight is 132 g/mol. The molecule has 0 fully saturated rings. The van der Waals surface area contributed by atoms with E-state index in [0.29, 0.717) is 6.42 Å². The second kappa shape index (κ2) is 3.82. The fourth-order valence-corrected chi connectivity index (χ4v) is 0.488. The molecule has 0 bridgehead atoms. The molecule has 0 rings (SSSR count). The van der Waals surface area contributed by atoms with Crippen LogP contribution in [-0.2, 0) is 4.89 Å². The van der Waals surface area contributed by atoms with Gasteiger partial charge >= 0.3 is 0 Å². The Labute approximate surface area is 56.4 Å². The fraction of sp³-hybridized carbons (Fsp3) is 0.833. The Morgan fingerprint density at radius 1 is 1.44 bits per heavy atom. The summed E-state index contributed by atoms with van der Waals surface area (Å²) in [5.74, 6) is 0. The van der Waals surface area contributed by atoms with Crippen LogP contribution in [0.3, 0.4) is 0 Å². The van der Waals surface area contributed by atoms with Crippen molar-refractivity contribution in [1.82, 2.24) is 0 Å². The summed E-state index contributed by atoms with van der Waals surface area (Å²) in [4.78, 5) is 3.55. The number of rotatable bonds is 4. The van der Waals surface area contributed by atoms with Crippen LogP contribution in [0.25, 0.3) is 0 Å². The van der Waals surface area contributed by atoms with Gasteiger partial charge in [0.2, 0.25) is 0 Å². The third-order valence-corrected chi connectivity index (χ3v) is 0.986. The first kappa shape index (κ1) is 8.88. The van der Waals surface area contributed by atoms with Crippen molar-refractivity contribution in [3.05, 3.63) is 6.61 Å². The van der Waals surface area contributed by atoms with E-state index in [0.717, 1.165) is 11.0 Å². The fourth-order valence-electron chi connectivity index (χ4n) is 0.488. The highest BCUT2D eigenvalue weighted by Gasteiger charge is 2.00. The minimum atomic E-state index is 0.715. The maximum Gasteiger partial charge on any atom is 0.0676 e. The van der Waals surface area contributed by atoms with Gasteiger partial charge in [-0.05, 0) is 0 Å². The van der Waals surface area contributed by atoms with Gasteiger partial charge in [0.25, 0.3) is 0 Å². The Kier molecular flexibility index (Phi) is 3.77. The van der Waals surface area contributed by atoms with Gasteiger partial charge < -0.3 is 14.6 Å². The maximum atomic E-state index is 9.45. The minimum Gasteiger partial charge on any atom is -0.759 e. The smallest absolute Gasteiger partial charge is 0.0676 e. The Bertz CT molecular complexity index is 67.9. The standard InChI is InChI=1S/C6H15NO2/c1-7(2,3)5-4-6-9-8/h6,8H,4-5H2,1-3H3/p-1. The lowest BCUT2D eigenvalue weighted by Crippen LogP contribution is -2.35. The molecule has 0 saturated carbocycles. The van der Waals surface area contributed by atoms with Gasteiger partial charge in [-0.25, -0.2) is 6.61 Å². The molecule has 3 nitrogen and oxygen atoms in total. The Hall–Kier alpha value is -0.120. The molecule has 0 aromatic carbocycles. The zero-order chi connectivity index (χ0) is 7.33. The highest BCUT2D eigenvalue weighted by Crippen LogP contribution is 1.94. The summed E-state index contributed by atoms with van der Waals surface area (Å²) in [7, 11) is 6.20. The van der Waals surface area contributed by atoms with E-state index in [1.165, 1.54) is 6.61 Å². The molecule has 0 N–H and O–H groups in total. The predicted molar refractivity (Wildman–Crippen MR) is 32.9 cm³/mol. The summed E-state index contributed by atoms with van der Waals surface area (Å²) in [5.41, 5.74) is 0. The van der Waals surface area contributed by atoms with Crippen LogP contribution in [0.2, 0.25) is 0 Å². The molecule has 0 unspecified atom stereocenters. The molecule has 0 atom stereocenters. The van der Waals surface area contributed by atoms with Gasteiger partial charge in [-0.1, -0.05) is 0 Å². The molecule has 0 aromatic rings. The Balaban J connectivity index is 3.07. The van der Waals surface area contributed by atoms with Crippen molar-refractivity contribution in [2.24, 2.45) is 0 Å². The molecule has 0 amide bonds. The molecular weight excluding hydrogens is 118 g/mol. The van der Waals surface area contributed by atoms with Crippen molar-refractivity contribution in [2.75, 3.05) is 27.7 Å². The molecule has 56 valence electrons. The van der Waals surface area contributed by atoms with Crippen molar-refractivity contribution in [2.45, 2.75) is 6.42 Å². The highest BCUT2D eigenvalue weighted by molar-refractivity contribution is 4.44. The van der Waals surface area contributed by atoms with E-state index in [-0.39, 0.29) is 0 Å².